The molecule has 1 aromatic carbocycles. The predicted octanol–water partition coefficient (Wildman–Crippen LogP) is 4.38. The summed E-state index contributed by atoms with van der Waals surface area (Å²) >= 11 is 0. The fourth-order valence-electron chi connectivity index (χ4n) is 2.30. The van der Waals surface area contributed by atoms with Crippen LogP contribution in [0.25, 0.3) is 0 Å². The van der Waals surface area contributed by atoms with Crippen molar-refractivity contribution in [2.45, 2.75) is 33.6 Å². The lowest BCUT2D eigenvalue weighted by Gasteiger charge is -2.14. The monoisotopic (exact) mass is 283 g/mol. The molecule has 0 aliphatic heterocycles. The largest absolute Gasteiger partial charge is 0.355 e. The van der Waals surface area contributed by atoms with Crippen molar-refractivity contribution < 1.29 is 4.79 Å². The minimum Gasteiger partial charge on any atom is -0.355 e. The Morgan fingerprint density at radius 2 is 1.76 bits per heavy atom. The van der Waals surface area contributed by atoms with Crippen LogP contribution in [0.2, 0.25) is 0 Å². The summed E-state index contributed by atoms with van der Waals surface area (Å²) in [5.41, 5.74) is 4.34. The van der Waals surface area contributed by atoms with Gasteiger partial charge in [0, 0.05) is 18.5 Å². The van der Waals surface area contributed by atoms with E-state index in [-0.39, 0.29) is 5.91 Å². The summed E-state index contributed by atoms with van der Waals surface area (Å²) in [4.78, 5) is 11.5. The van der Waals surface area contributed by atoms with Gasteiger partial charge in [0.05, 0.1) is 0 Å². The van der Waals surface area contributed by atoms with Gasteiger partial charge in [-0.1, -0.05) is 61.1 Å². The zero-order chi connectivity index (χ0) is 15.8. The Kier molecular flexibility index (Phi) is 6.67. The van der Waals surface area contributed by atoms with Gasteiger partial charge in [-0.3, -0.25) is 4.79 Å². The average molecular weight is 283 g/mol. The first kappa shape index (κ1) is 17.0. The lowest BCUT2D eigenvalue weighted by Crippen LogP contribution is -2.18. The molecule has 21 heavy (non-hydrogen) atoms. The van der Waals surface area contributed by atoms with Crippen LogP contribution in [0.3, 0.4) is 0 Å². The minimum atomic E-state index is -0.0408. The number of hydrogen-bond donors (Lipinski definition) is 1. The molecule has 1 N–H and O–H groups in total. The van der Waals surface area contributed by atoms with Crippen LogP contribution in [0.1, 0.15) is 39.2 Å². The van der Waals surface area contributed by atoms with E-state index in [9.17, 15) is 4.79 Å². The highest BCUT2D eigenvalue weighted by Crippen LogP contribution is 2.25. The van der Waals surface area contributed by atoms with Crippen molar-refractivity contribution in [3.8, 4) is 0 Å². The van der Waals surface area contributed by atoms with E-state index >= 15 is 0 Å². The maximum Gasteiger partial charge on any atom is 0.246 e. The van der Waals surface area contributed by atoms with E-state index in [2.05, 4.69) is 48.7 Å². The number of benzene rings is 1. The van der Waals surface area contributed by atoms with E-state index < -0.39 is 0 Å². The third-order valence-corrected chi connectivity index (χ3v) is 3.56. The smallest absolute Gasteiger partial charge is 0.246 e. The molecule has 2 heteroatoms. The standard InChI is InChI=1S/C19H25NO/c1-6-17(16(4)18-10-8-7-9-11-18)13-14(2)12-15(3)19(21)20-5/h6-13,16H,1-5H3,(H,20,21)/b14-13-,15-12+,17-6-. The van der Waals surface area contributed by atoms with Crippen molar-refractivity contribution >= 4 is 5.91 Å². The molecule has 0 aliphatic carbocycles. The fraction of sp³-hybridized carbons (Fsp3) is 0.316. The molecular formula is C19H25NO. The molecule has 0 aromatic heterocycles. The highest BCUT2D eigenvalue weighted by Gasteiger charge is 2.08. The van der Waals surface area contributed by atoms with Gasteiger partial charge in [0.2, 0.25) is 5.91 Å². The number of rotatable bonds is 5. The highest BCUT2D eigenvalue weighted by atomic mass is 16.1. The SMILES string of the molecule is C/C=C(/C=C(C)\C=C(/C)C(=O)NC)C(C)c1ccccc1. The molecule has 0 saturated heterocycles. The third kappa shape index (κ3) is 5.07. The Balaban J connectivity index is 2.97. The summed E-state index contributed by atoms with van der Waals surface area (Å²) in [6, 6.07) is 10.4. The molecule has 2 nitrogen and oxygen atoms in total. The molecular weight excluding hydrogens is 258 g/mol. The van der Waals surface area contributed by atoms with E-state index in [4.69, 9.17) is 0 Å². The van der Waals surface area contributed by atoms with Crippen molar-refractivity contribution in [3.63, 3.8) is 0 Å². The first-order valence-electron chi connectivity index (χ1n) is 7.29. The molecule has 112 valence electrons. The van der Waals surface area contributed by atoms with Crippen LogP contribution in [0.15, 0.2) is 65.3 Å². The van der Waals surface area contributed by atoms with E-state index in [1.54, 1.807) is 7.05 Å². The summed E-state index contributed by atoms with van der Waals surface area (Å²) in [6.45, 7) is 8.09. The summed E-state index contributed by atoms with van der Waals surface area (Å²) in [6.07, 6.45) is 6.19. The van der Waals surface area contributed by atoms with E-state index in [1.807, 2.05) is 32.9 Å². The Morgan fingerprint density at radius 1 is 1.14 bits per heavy atom. The topological polar surface area (TPSA) is 29.1 Å². The normalized spacial score (nSPS) is 14.8. The molecule has 1 amide bonds. The van der Waals surface area contributed by atoms with Gasteiger partial charge in [0.1, 0.15) is 0 Å². The Bertz CT molecular complexity index is 564. The highest BCUT2D eigenvalue weighted by molar-refractivity contribution is 5.93. The molecule has 0 aliphatic rings. The van der Waals surface area contributed by atoms with Crippen molar-refractivity contribution in [1.82, 2.24) is 5.32 Å². The molecule has 0 fully saturated rings. The van der Waals surface area contributed by atoms with Crippen LogP contribution in [0.5, 0.6) is 0 Å². The second-order valence-corrected chi connectivity index (χ2v) is 5.22. The van der Waals surface area contributed by atoms with Gasteiger partial charge in [-0.2, -0.15) is 0 Å². The van der Waals surface area contributed by atoms with Gasteiger partial charge in [0.15, 0.2) is 0 Å². The quantitative estimate of drug-likeness (QED) is 0.631. The van der Waals surface area contributed by atoms with Crippen LogP contribution in [0, 0.1) is 0 Å². The second kappa shape index (κ2) is 8.25. The first-order valence-corrected chi connectivity index (χ1v) is 7.29. The van der Waals surface area contributed by atoms with Gasteiger partial charge in [0.25, 0.3) is 0 Å². The Morgan fingerprint density at radius 3 is 2.29 bits per heavy atom. The maximum absolute atomic E-state index is 11.5. The molecule has 0 spiro atoms. The molecule has 1 rings (SSSR count). The number of likely N-dealkylation sites (N-methyl/N-ethyl adjacent to an activating group) is 1. The van der Waals surface area contributed by atoms with Crippen molar-refractivity contribution in [2.24, 2.45) is 0 Å². The number of carbonyl (C=O) groups is 1. The Labute approximate surface area is 128 Å². The third-order valence-electron chi connectivity index (χ3n) is 3.56. The number of hydrogen-bond acceptors (Lipinski definition) is 1. The zero-order valence-corrected chi connectivity index (χ0v) is 13.6. The molecule has 1 unspecified atom stereocenters. The van der Waals surface area contributed by atoms with E-state index in [1.165, 1.54) is 11.1 Å². The molecule has 1 atom stereocenters. The fourth-order valence-corrected chi connectivity index (χ4v) is 2.30. The number of amides is 1. The summed E-state index contributed by atoms with van der Waals surface area (Å²) in [5, 5.41) is 2.64. The van der Waals surface area contributed by atoms with Crippen molar-refractivity contribution in [3.05, 3.63) is 70.8 Å². The van der Waals surface area contributed by atoms with Gasteiger partial charge >= 0.3 is 0 Å². The summed E-state index contributed by atoms with van der Waals surface area (Å²) < 4.78 is 0. The van der Waals surface area contributed by atoms with Crippen LogP contribution < -0.4 is 5.32 Å². The molecule has 0 saturated carbocycles. The first-order chi connectivity index (χ1) is 9.99. The van der Waals surface area contributed by atoms with Gasteiger partial charge < -0.3 is 5.32 Å². The zero-order valence-electron chi connectivity index (χ0n) is 13.6. The molecule has 1 aromatic rings. The van der Waals surface area contributed by atoms with Gasteiger partial charge in [-0.15, -0.1) is 0 Å². The Hall–Kier alpha value is -2.09. The number of carbonyl (C=O) groups excluding carboxylic acids is 1. The molecule has 0 heterocycles. The van der Waals surface area contributed by atoms with Crippen LogP contribution in [-0.2, 0) is 4.79 Å². The van der Waals surface area contributed by atoms with Gasteiger partial charge in [-0.05, 0) is 31.9 Å². The molecule has 0 radical (unpaired) electrons. The van der Waals surface area contributed by atoms with E-state index in [0.717, 1.165) is 5.57 Å². The predicted molar refractivity (Wildman–Crippen MR) is 90.2 cm³/mol. The summed E-state index contributed by atoms with van der Waals surface area (Å²) in [5.74, 6) is 0.292. The average Bonchev–Trinajstić information content (AvgIpc) is 2.51. The van der Waals surface area contributed by atoms with E-state index in [0.29, 0.717) is 11.5 Å². The van der Waals surface area contributed by atoms with Crippen LogP contribution in [-0.4, -0.2) is 13.0 Å². The van der Waals surface area contributed by atoms with Crippen LogP contribution in [0.4, 0.5) is 0 Å². The maximum atomic E-state index is 11.5. The lowest BCUT2D eigenvalue weighted by atomic mass is 9.91. The number of allylic oxidation sites excluding steroid dienone is 5. The van der Waals surface area contributed by atoms with Crippen molar-refractivity contribution in [1.29, 1.82) is 0 Å². The molecule has 0 bridgehead atoms. The second-order valence-electron chi connectivity index (χ2n) is 5.22. The van der Waals surface area contributed by atoms with Crippen LogP contribution >= 0.6 is 0 Å². The van der Waals surface area contributed by atoms with Gasteiger partial charge in [-0.25, -0.2) is 0 Å². The lowest BCUT2D eigenvalue weighted by molar-refractivity contribution is -0.116. The minimum absolute atomic E-state index is 0.0408. The number of nitrogens with one attached hydrogen (secondary N) is 1. The summed E-state index contributed by atoms with van der Waals surface area (Å²) in [7, 11) is 1.65. The van der Waals surface area contributed by atoms with Crippen molar-refractivity contribution in [2.75, 3.05) is 7.05 Å².